The van der Waals surface area contributed by atoms with Crippen LogP contribution in [0.1, 0.15) is 11.1 Å². The number of benzene rings is 2. The lowest BCUT2D eigenvalue weighted by Gasteiger charge is -2.23. The van der Waals surface area contributed by atoms with E-state index >= 15 is 0 Å². The molecule has 122 valence electrons. The summed E-state index contributed by atoms with van der Waals surface area (Å²) in [5, 5.41) is 7.28. The van der Waals surface area contributed by atoms with Crippen molar-refractivity contribution in [3.05, 3.63) is 65.7 Å². The maximum absolute atomic E-state index is 5.42. The Labute approximate surface area is 144 Å². The van der Waals surface area contributed by atoms with Crippen molar-refractivity contribution in [2.75, 3.05) is 26.0 Å². The van der Waals surface area contributed by atoms with Crippen LogP contribution in [-0.4, -0.2) is 31.8 Å². The molecule has 0 bridgehead atoms. The van der Waals surface area contributed by atoms with Gasteiger partial charge in [-0.05, 0) is 42.4 Å². The van der Waals surface area contributed by atoms with Crippen molar-refractivity contribution in [3.8, 4) is 0 Å². The lowest BCUT2D eigenvalue weighted by Crippen LogP contribution is -3.11. The van der Waals surface area contributed by atoms with Crippen LogP contribution in [0.2, 0.25) is 0 Å². The second kappa shape index (κ2) is 8.65. The Morgan fingerprint density at radius 1 is 1.09 bits per heavy atom. The number of anilines is 1. The van der Waals surface area contributed by atoms with Gasteiger partial charge in [-0.25, -0.2) is 0 Å². The van der Waals surface area contributed by atoms with Crippen LogP contribution in [-0.2, 0) is 6.42 Å². The number of nitrogens with one attached hydrogen (secondary N) is 3. The fourth-order valence-electron chi connectivity index (χ4n) is 2.49. The maximum Gasteiger partial charge on any atom is 0.170 e. The van der Waals surface area contributed by atoms with E-state index in [4.69, 9.17) is 12.2 Å². The van der Waals surface area contributed by atoms with Gasteiger partial charge in [0.1, 0.15) is 6.04 Å². The first-order chi connectivity index (χ1) is 11.0. The first-order valence-electron chi connectivity index (χ1n) is 8.00. The highest BCUT2D eigenvalue weighted by atomic mass is 32.1. The first kappa shape index (κ1) is 17.4. The van der Waals surface area contributed by atoms with Gasteiger partial charge >= 0.3 is 0 Å². The van der Waals surface area contributed by atoms with Gasteiger partial charge in [0, 0.05) is 12.1 Å². The molecule has 0 aliphatic rings. The summed E-state index contributed by atoms with van der Waals surface area (Å²) in [6.07, 6.45) is 1.03. The van der Waals surface area contributed by atoms with Crippen molar-refractivity contribution in [1.29, 1.82) is 0 Å². The Bertz CT molecular complexity index is 626. The van der Waals surface area contributed by atoms with Gasteiger partial charge in [0.05, 0.1) is 20.6 Å². The van der Waals surface area contributed by atoms with Gasteiger partial charge in [0.15, 0.2) is 5.11 Å². The van der Waals surface area contributed by atoms with E-state index < -0.39 is 0 Å². The molecule has 3 nitrogen and oxygen atoms in total. The zero-order chi connectivity index (χ0) is 16.7. The van der Waals surface area contributed by atoms with Gasteiger partial charge in [-0.15, -0.1) is 0 Å². The van der Waals surface area contributed by atoms with E-state index in [0.717, 1.165) is 18.7 Å². The number of quaternary nitrogens is 1. The Morgan fingerprint density at radius 3 is 2.48 bits per heavy atom. The van der Waals surface area contributed by atoms with Crippen molar-refractivity contribution in [2.24, 2.45) is 0 Å². The SMILES string of the molecule is Cc1cccc(NC(=S)NC[C@H](Cc2ccccc2)[NH+](C)C)c1. The molecule has 1 atom stereocenters. The molecule has 3 N–H and O–H groups in total. The van der Waals surface area contributed by atoms with E-state index in [-0.39, 0.29) is 0 Å². The molecule has 0 saturated carbocycles. The molecule has 4 heteroatoms. The summed E-state index contributed by atoms with van der Waals surface area (Å²) in [5.74, 6) is 0. The predicted molar refractivity (Wildman–Crippen MR) is 102 cm³/mol. The van der Waals surface area contributed by atoms with E-state index in [1.807, 2.05) is 12.1 Å². The summed E-state index contributed by atoms with van der Waals surface area (Å²) in [4.78, 5) is 1.42. The number of hydrogen-bond donors (Lipinski definition) is 3. The van der Waals surface area contributed by atoms with Crippen LogP contribution in [0, 0.1) is 6.92 Å². The van der Waals surface area contributed by atoms with Gasteiger partial charge in [-0.3, -0.25) is 0 Å². The third kappa shape index (κ3) is 6.00. The van der Waals surface area contributed by atoms with Crippen molar-refractivity contribution in [3.63, 3.8) is 0 Å². The van der Waals surface area contributed by atoms with Crippen LogP contribution >= 0.6 is 12.2 Å². The Hall–Kier alpha value is -1.91. The fourth-order valence-corrected chi connectivity index (χ4v) is 2.69. The molecule has 23 heavy (non-hydrogen) atoms. The molecule has 0 aliphatic carbocycles. The summed E-state index contributed by atoms with van der Waals surface area (Å²) in [7, 11) is 4.37. The number of aryl methyl sites for hydroxylation is 1. The highest BCUT2D eigenvalue weighted by Gasteiger charge is 2.16. The maximum atomic E-state index is 5.42. The zero-order valence-electron chi connectivity index (χ0n) is 14.1. The third-order valence-electron chi connectivity index (χ3n) is 3.93. The van der Waals surface area contributed by atoms with Crippen LogP contribution in [0.3, 0.4) is 0 Å². The molecule has 0 heterocycles. The van der Waals surface area contributed by atoms with Gasteiger partial charge in [0.2, 0.25) is 0 Å². The van der Waals surface area contributed by atoms with E-state index in [2.05, 4.69) is 74.1 Å². The van der Waals surface area contributed by atoms with Crippen LogP contribution in [0.4, 0.5) is 5.69 Å². The molecule has 0 radical (unpaired) electrons. The third-order valence-corrected chi connectivity index (χ3v) is 4.17. The molecule has 2 aromatic carbocycles. The van der Waals surface area contributed by atoms with Crippen LogP contribution in [0.25, 0.3) is 0 Å². The highest BCUT2D eigenvalue weighted by Crippen LogP contribution is 2.09. The van der Waals surface area contributed by atoms with Crippen LogP contribution < -0.4 is 15.5 Å². The van der Waals surface area contributed by atoms with E-state index in [1.54, 1.807) is 0 Å². The topological polar surface area (TPSA) is 28.5 Å². The molecule has 0 spiro atoms. The van der Waals surface area contributed by atoms with Gasteiger partial charge < -0.3 is 15.5 Å². The van der Waals surface area contributed by atoms with Gasteiger partial charge in [-0.2, -0.15) is 0 Å². The molecule has 0 unspecified atom stereocenters. The smallest absolute Gasteiger partial charge is 0.170 e. The number of rotatable bonds is 6. The first-order valence-corrected chi connectivity index (χ1v) is 8.41. The molecular formula is C19H26N3S+. The van der Waals surface area contributed by atoms with Crippen LogP contribution in [0.15, 0.2) is 54.6 Å². The molecule has 0 aliphatic heterocycles. The number of likely N-dealkylation sites (N-methyl/N-ethyl adjacent to an activating group) is 1. The molecule has 0 fully saturated rings. The zero-order valence-corrected chi connectivity index (χ0v) is 14.9. The van der Waals surface area contributed by atoms with E-state index in [0.29, 0.717) is 11.2 Å². The quantitative estimate of drug-likeness (QED) is 0.709. The second-order valence-electron chi connectivity index (χ2n) is 6.17. The molecule has 0 aromatic heterocycles. The number of hydrogen-bond acceptors (Lipinski definition) is 1. The predicted octanol–water partition coefficient (Wildman–Crippen LogP) is 2.04. The lowest BCUT2D eigenvalue weighted by atomic mass is 10.1. The lowest BCUT2D eigenvalue weighted by molar-refractivity contribution is -0.884. The van der Waals surface area contributed by atoms with Crippen molar-refractivity contribution >= 4 is 23.0 Å². The largest absolute Gasteiger partial charge is 0.356 e. The van der Waals surface area contributed by atoms with Crippen molar-refractivity contribution in [2.45, 2.75) is 19.4 Å². The fraction of sp³-hybridized carbons (Fsp3) is 0.316. The van der Waals surface area contributed by atoms with Crippen molar-refractivity contribution < 1.29 is 4.90 Å². The van der Waals surface area contributed by atoms with E-state index in [9.17, 15) is 0 Å². The summed E-state index contributed by atoms with van der Waals surface area (Å²) in [6, 6.07) is 19.3. The molecule has 2 aromatic rings. The summed E-state index contributed by atoms with van der Waals surface area (Å²) >= 11 is 5.42. The van der Waals surface area contributed by atoms with Crippen molar-refractivity contribution in [1.82, 2.24) is 5.32 Å². The Balaban J connectivity index is 1.87. The normalized spacial score (nSPS) is 12.0. The standard InChI is InChI=1S/C19H25N3S/c1-15-8-7-11-17(12-15)21-19(23)20-14-18(22(2)3)13-16-9-5-4-6-10-16/h4-12,18H,13-14H2,1-3H3,(H2,20,21,23)/p+1/t18-/m0/s1. The summed E-state index contributed by atoms with van der Waals surface area (Å²) in [5.41, 5.74) is 3.61. The minimum absolute atomic E-state index is 0.467. The van der Waals surface area contributed by atoms with Gasteiger partial charge in [0.25, 0.3) is 0 Å². The highest BCUT2D eigenvalue weighted by molar-refractivity contribution is 7.80. The second-order valence-corrected chi connectivity index (χ2v) is 6.58. The number of thiocarbonyl (C=S) groups is 1. The summed E-state index contributed by atoms with van der Waals surface area (Å²) < 4.78 is 0. The summed E-state index contributed by atoms with van der Waals surface area (Å²) in [6.45, 7) is 2.92. The average Bonchev–Trinajstić information content (AvgIpc) is 2.52. The minimum Gasteiger partial charge on any atom is -0.356 e. The molecule has 2 rings (SSSR count). The Morgan fingerprint density at radius 2 is 1.83 bits per heavy atom. The Kier molecular flexibility index (Phi) is 6.56. The van der Waals surface area contributed by atoms with Gasteiger partial charge in [-0.1, -0.05) is 42.5 Å². The molecule has 0 amide bonds. The van der Waals surface area contributed by atoms with Crippen LogP contribution in [0.5, 0.6) is 0 Å². The minimum atomic E-state index is 0.467. The molecular weight excluding hydrogens is 302 g/mol. The monoisotopic (exact) mass is 328 g/mol. The molecule has 0 saturated heterocycles. The van der Waals surface area contributed by atoms with E-state index in [1.165, 1.54) is 16.0 Å². The average molecular weight is 329 g/mol.